The molecule has 4 aromatic carbocycles. The summed E-state index contributed by atoms with van der Waals surface area (Å²) in [5.74, 6) is -1.11. The molecule has 0 saturated carbocycles. The number of amides is 3. The highest BCUT2D eigenvalue weighted by molar-refractivity contribution is 5.91. The number of benzene rings is 4. The molecule has 1 aliphatic heterocycles. The number of phenolic OH excluding ortho intramolecular Hbond substituents is 1. The number of carbonyl (C=O) groups excluding carboxylic acids is 3. The van der Waals surface area contributed by atoms with Crippen LogP contribution in [0.1, 0.15) is 58.4 Å². The number of hydrogen-bond donors (Lipinski definition) is 7. The van der Waals surface area contributed by atoms with Crippen LogP contribution in [-0.2, 0) is 33.6 Å². The fourth-order valence-electron chi connectivity index (χ4n) is 7.99. The van der Waals surface area contributed by atoms with Crippen molar-refractivity contribution in [1.82, 2.24) is 30.7 Å². The molecule has 3 atom stereocenters. The van der Waals surface area contributed by atoms with Gasteiger partial charge in [0.1, 0.15) is 17.8 Å². The van der Waals surface area contributed by atoms with E-state index in [1.54, 1.807) is 17.0 Å². The van der Waals surface area contributed by atoms with E-state index in [-0.39, 0.29) is 30.4 Å². The fraction of sp³-hybridized carbons (Fsp3) is 0.289. The number of nitrogens with two attached hydrogens (primary N) is 2. The molecule has 0 bridgehead atoms. The number of guanidine groups is 1. The van der Waals surface area contributed by atoms with Gasteiger partial charge in [-0.3, -0.25) is 15.0 Å². The zero-order valence-corrected chi connectivity index (χ0v) is 33.5. The van der Waals surface area contributed by atoms with Gasteiger partial charge in [-0.1, -0.05) is 78.0 Å². The number of hydrogen-bond acceptors (Lipinski definition) is 9. The molecule has 1 aliphatic rings. The molecule has 0 aliphatic carbocycles. The van der Waals surface area contributed by atoms with Crippen molar-refractivity contribution in [1.29, 1.82) is 5.41 Å². The average molecular weight is 812 g/mol. The second kappa shape index (κ2) is 18.2. The summed E-state index contributed by atoms with van der Waals surface area (Å²) in [7, 11) is 0. The molecule has 15 heteroatoms. The first-order valence-corrected chi connectivity index (χ1v) is 19.9. The SMILES string of the molecule is Cc1cc(O)cc(C)c1CC(NC(=O)C(OC(N)=O)C1CCN(C(=N)N)CC1)C(=O)NC(Cc1c[nH]c2ccccc12)c1nc(Cc2ccc(-c3ccccc3)cc2)no1. The van der Waals surface area contributed by atoms with Gasteiger partial charge in [-0.25, -0.2) is 4.79 Å². The largest absolute Gasteiger partial charge is 0.508 e. The summed E-state index contributed by atoms with van der Waals surface area (Å²) >= 11 is 0. The normalized spacial score (nSPS) is 14.6. The second-order valence-electron chi connectivity index (χ2n) is 15.3. The summed E-state index contributed by atoms with van der Waals surface area (Å²) in [4.78, 5) is 50.7. The van der Waals surface area contributed by atoms with Gasteiger partial charge in [-0.15, -0.1) is 0 Å². The van der Waals surface area contributed by atoms with Crippen LogP contribution in [0.15, 0.2) is 102 Å². The minimum Gasteiger partial charge on any atom is -0.508 e. The van der Waals surface area contributed by atoms with Crippen LogP contribution < -0.4 is 22.1 Å². The molecule has 15 nitrogen and oxygen atoms in total. The number of likely N-dealkylation sites (tertiary alicyclic amines) is 1. The van der Waals surface area contributed by atoms with Crippen molar-refractivity contribution in [3.05, 3.63) is 137 Å². The van der Waals surface area contributed by atoms with E-state index in [1.165, 1.54) is 0 Å². The van der Waals surface area contributed by atoms with Gasteiger partial charge in [-0.2, -0.15) is 4.98 Å². The molecule has 2 aromatic heterocycles. The predicted molar refractivity (Wildman–Crippen MR) is 226 cm³/mol. The van der Waals surface area contributed by atoms with E-state index in [9.17, 15) is 19.5 Å². The molecule has 0 spiro atoms. The third-order valence-corrected chi connectivity index (χ3v) is 11.2. The van der Waals surface area contributed by atoms with Crippen molar-refractivity contribution in [3.63, 3.8) is 0 Å². The number of para-hydroxylation sites is 1. The molecule has 6 aromatic rings. The molecule has 1 saturated heterocycles. The number of primary amides is 1. The first kappa shape index (κ1) is 41.0. The van der Waals surface area contributed by atoms with Gasteiger partial charge >= 0.3 is 6.09 Å². The lowest BCUT2D eigenvalue weighted by Crippen LogP contribution is -2.55. The first-order valence-electron chi connectivity index (χ1n) is 19.9. The Bertz CT molecular complexity index is 2450. The van der Waals surface area contributed by atoms with Crippen LogP contribution >= 0.6 is 0 Å². The molecule has 7 rings (SSSR count). The molecule has 9 N–H and O–H groups in total. The zero-order valence-electron chi connectivity index (χ0n) is 33.5. The fourth-order valence-corrected chi connectivity index (χ4v) is 7.99. The van der Waals surface area contributed by atoms with Gasteiger partial charge in [0.2, 0.25) is 11.8 Å². The number of fused-ring (bicyclic) bond motifs is 1. The summed E-state index contributed by atoms with van der Waals surface area (Å²) in [6.45, 7) is 4.39. The minimum absolute atomic E-state index is 0.0372. The van der Waals surface area contributed by atoms with Gasteiger partial charge in [-0.05, 0) is 83.8 Å². The highest BCUT2D eigenvalue weighted by atomic mass is 16.6. The number of H-pyrrole nitrogens is 1. The molecule has 0 radical (unpaired) electrons. The van der Waals surface area contributed by atoms with Crippen molar-refractivity contribution in [2.24, 2.45) is 17.4 Å². The smallest absolute Gasteiger partial charge is 0.405 e. The zero-order chi connectivity index (χ0) is 42.3. The van der Waals surface area contributed by atoms with Gasteiger partial charge < -0.3 is 46.4 Å². The molecular formula is C45H49N9O6. The summed E-state index contributed by atoms with van der Waals surface area (Å²) in [5.41, 5.74) is 18.3. The number of carbonyl (C=O) groups is 3. The van der Waals surface area contributed by atoms with E-state index in [1.807, 2.05) is 86.8 Å². The summed E-state index contributed by atoms with van der Waals surface area (Å²) in [6.07, 6.45) is 0.907. The van der Waals surface area contributed by atoms with Crippen LogP contribution in [-0.4, -0.2) is 74.2 Å². The van der Waals surface area contributed by atoms with Crippen molar-refractivity contribution in [2.45, 2.75) is 64.1 Å². The number of nitrogens with one attached hydrogen (secondary N) is 4. The lowest BCUT2D eigenvalue weighted by Gasteiger charge is -2.35. The van der Waals surface area contributed by atoms with Crippen molar-refractivity contribution in [3.8, 4) is 16.9 Å². The molecule has 60 heavy (non-hydrogen) atoms. The van der Waals surface area contributed by atoms with Crippen molar-refractivity contribution in [2.75, 3.05) is 13.1 Å². The van der Waals surface area contributed by atoms with Crippen LogP contribution in [0.25, 0.3) is 22.0 Å². The number of aromatic amines is 1. The van der Waals surface area contributed by atoms with E-state index < -0.39 is 42.0 Å². The van der Waals surface area contributed by atoms with Crippen LogP contribution in [0.3, 0.4) is 0 Å². The maximum absolute atomic E-state index is 14.7. The molecule has 3 amide bonds. The highest BCUT2D eigenvalue weighted by Crippen LogP contribution is 2.28. The summed E-state index contributed by atoms with van der Waals surface area (Å²) in [6, 6.07) is 27.2. The standard InChI is InChI=1S/C45H49N9O6/c1-26-20-33(55)21-27(2)35(26)24-37(50-42(57)40(59-45(48)58)31-16-18-54(19-17-31)44(46)47)41(56)51-38(23-32-25-49-36-11-7-6-10-34(32)36)43-52-39(53-60-43)22-28-12-14-30(15-13-28)29-8-4-3-5-9-29/h3-15,20-21,25,31,37-38,40,49,55H,16-19,22-24H2,1-2H3,(H3,46,47)(H2,48,58)(H,50,57)(H,51,56). The molecule has 3 unspecified atom stereocenters. The van der Waals surface area contributed by atoms with E-state index in [2.05, 4.69) is 32.9 Å². The quantitative estimate of drug-likeness (QED) is 0.0551. The molecule has 3 heterocycles. The number of aryl methyl sites for hydroxylation is 2. The van der Waals surface area contributed by atoms with Crippen LogP contribution in [0.5, 0.6) is 5.75 Å². The van der Waals surface area contributed by atoms with Crippen molar-refractivity contribution < 1.29 is 28.8 Å². The lowest BCUT2D eigenvalue weighted by atomic mass is 9.90. The Morgan fingerprint density at radius 2 is 1.58 bits per heavy atom. The minimum atomic E-state index is -1.31. The Morgan fingerprint density at radius 3 is 2.27 bits per heavy atom. The maximum Gasteiger partial charge on any atom is 0.405 e. The third-order valence-electron chi connectivity index (χ3n) is 11.2. The number of nitrogens with zero attached hydrogens (tertiary/aromatic N) is 3. The van der Waals surface area contributed by atoms with Gasteiger partial charge in [0.25, 0.3) is 5.91 Å². The number of phenols is 1. The van der Waals surface area contributed by atoms with Gasteiger partial charge in [0.15, 0.2) is 17.9 Å². The van der Waals surface area contributed by atoms with Crippen LogP contribution in [0.2, 0.25) is 0 Å². The monoisotopic (exact) mass is 811 g/mol. The van der Waals surface area contributed by atoms with Crippen molar-refractivity contribution >= 4 is 34.8 Å². The second-order valence-corrected chi connectivity index (χ2v) is 15.3. The number of ether oxygens (including phenoxy) is 1. The van der Waals surface area contributed by atoms with E-state index in [0.717, 1.165) is 49.8 Å². The Kier molecular flexibility index (Phi) is 12.4. The summed E-state index contributed by atoms with van der Waals surface area (Å²) < 4.78 is 11.3. The van der Waals surface area contributed by atoms with E-state index in [4.69, 9.17) is 31.1 Å². The predicted octanol–water partition coefficient (Wildman–Crippen LogP) is 5.33. The van der Waals surface area contributed by atoms with E-state index in [0.29, 0.717) is 38.2 Å². The Hall–Kier alpha value is -7.16. The number of piperidine rings is 1. The molecule has 310 valence electrons. The highest BCUT2D eigenvalue weighted by Gasteiger charge is 2.37. The van der Waals surface area contributed by atoms with E-state index >= 15 is 0 Å². The number of aromatic nitrogens is 3. The van der Waals surface area contributed by atoms with Gasteiger partial charge in [0.05, 0.1) is 0 Å². The van der Waals surface area contributed by atoms with Crippen LogP contribution in [0.4, 0.5) is 4.79 Å². The Balaban J connectivity index is 1.17. The van der Waals surface area contributed by atoms with Gasteiger partial charge in [0, 0.05) is 55.4 Å². The Morgan fingerprint density at radius 1 is 0.917 bits per heavy atom. The number of rotatable bonds is 14. The number of aromatic hydroxyl groups is 1. The molecular weight excluding hydrogens is 763 g/mol. The lowest BCUT2D eigenvalue weighted by molar-refractivity contribution is -0.137. The Labute approximate surface area is 347 Å². The molecule has 1 fully saturated rings. The summed E-state index contributed by atoms with van der Waals surface area (Å²) in [5, 5.41) is 29.3. The first-order chi connectivity index (χ1) is 28.9. The maximum atomic E-state index is 14.7. The average Bonchev–Trinajstić information content (AvgIpc) is 3.88. The van der Waals surface area contributed by atoms with Crippen LogP contribution in [0, 0.1) is 25.2 Å². The third kappa shape index (κ3) is 9.74. The topological polar surface area (TPSA) is 239 Å².